The summed E-state index contributed by atoms with van der Waals surface area (Å²) in [6.07, 6.45) is 0.970. The second kappa shape index (κ2) is 5.27. The van der Waals surface area contributed by atoms with E-state index in [1.54, 1.807) is 24.3 Å². The van der Waals surface area contributed by atoms with Crippen LogP contribution < -0.4 is 10.6 Å². The number of hydrogen-bond acceptors (Lipinski definition) is 2. The van der Waals surface area contributed by atoms with Gasteiger partial charge in [0.2, 0.25) is 5.91 Å². The van der Waals surface area contributed by atoms with Crippen LogP contribution in [0.25, 0.3) is 0 Å². The molecule has 108 valence electrons. The van der Waals surface area contributed by atoms with Crippen molar-refractivity contribution in [3.05, 3.63) is 29.8 Å². The molecule has 2 rings (SSSR count). The Balaban J connectivity index is 1.96. The molecule has 1 aromatic rings. The van der Waals surface area contributed by atoms with Crippen molar-refractivity contribution in [1.29, 1.82) is 0 Å². The lowest BCUT2D eigenvalue weighted by atomic mass is 10.1. The maximum Gasteiger partial charge on any atom is 0.251 e. The first-order valence-corrected chi connectivity index (χ1v) is 7.00. The van der Waals surface area contributed by atoms with E-state index >= 15 is 0 Å². The lowest BCUT2D eigenvalue weighted by molar-refractivity contribution is -0.117. The van der Waals surface area contributed by atoms with Crippen molar-refractivity contribution in [1.82, 2.24) is 5.32 Å². The molecule has 2 amide bonds. The SMILES string of the molecule is C[C@H]1C[C@@H]1C(=O)Nc1ccc(C(=O)NC(C)(C)C)cc1. The Morgan fingerprint density at radius 1 is 1.15 bits per heavy atom. The molecule has 4 heteroatoms. The molecule has 2 atom stereocenters. The van der Waals surface area contributed by atoms with Crippen molar-refractivity contribution >= 4 is 17.5 Å². The maximum atomic E-state index is 12.0. The van der Waals surface area contributed by atoms with Gasteiger partial charge >= 0.3 is 0 Å². The summed E-state index contributed by atoms with van der Waals surface area (Å²) in [7, 11) is 0. The van der Waals surface area contributed by atoms with Crippen molar-refractivity contribution in [2.24, 2.45) is 11.8 Å². The molecule has 1 aliphatic rings. The van der Waals surface area contributed by atoms with Crippen LogP contribution in [0.15, 0.2) is 24.3 Å². The van der Waals surface area contributed by atoms with Gasteiger partial charge in [0.15, 0.2) is 0 Å². The summed E-state index contributed by atoms with van der Waals surface area (Å²) in [6, 6.07) is 6.99. The largest absolute Gasteiger partial charge is 0.347 e. The van der Waals surface area contributed by atoms with Crippen LogP contribution in [0.1, 0.15) is 44.5 Å². The van der Waals surface area contributed by atoms with Crippen molar-refractivity contribution in [3.63, 3.8) is 0 Å². The van der Waals surface area contributed by atoms with E-state index in [9.17, 15) is 9.59 Å². The van der Waals surface area contributed by atoms with Crippen molar-refractivity contribution in [2.75, 3.05) is 5.32 Å². The average Bonchev–Trinajstić information content (AvgIpc) is 3.05. The zero-order valence-electron chi connectivity index (χ0n) is 12.5. The fraction of sp³-hybridized carbons (Fsp3) is 0.500. The number of carbonyl (C=O) groups is 2. The minimum atomic E-state index is -0.258. The lowest BCUT2D eigenvalue weighted by Crippen LogP contribution is -2.40. The van der Waals surface area contributed by atoms with E-state index in [0.29, 0.717) is 11.5 Å². The van der Waals surface area contributed by atoms with Crippen LogP contribution in [-0.4, -0.2) is 17.4 Å². The van der Waals surface area contributed by atoms with Crippen LogP contribution in [0.4, 0.5) is 5.69 Å². The van der Waals surface area contributed by atoms with E-state index in [1.807, 2.05) is 20.8 Å². The molecule has 0 aromatic heterocycles. The molecule has 1 fully saturated rings. The Morgan fingerprint density at radius 2 is 1.70 bits per heavy atom. The van der Waals surface area contributed by atoms with E-state index in [4.69, 9.17) is 0 Å². The van der Waals surface area contributed by atoms with Gasteiger partial charge in [-0.1, -0.05) is 6.92 Å². The van der Waals surface area contributed by atoms with Crippen LogP contribution in [0.5, 0.6) is 0 Å². The van der Waals surface area contributed by atoms with E-state index in [0.717, 1.165) is 12.1 Å². The predicted octanol–water partition coefficient (Wildman–Crippen LogP) is 2.81. The Labute approximate surface area is 119 Å². The predicted molar refractivity (Wildman–Crippen MR) is 79.6 cm³/mol. The van der Waals surface area contributed by atoms with Gasteiger partial charge in [-0.3, -0.25) is 9.59 Å². The third-order valence-corrected chi connectivity index (χ3v) is 3.35. The van der Waals surface area contributed by atoms with Gasteiger partial charge in [-0.15, -0.1) is 0 Å². The van der Waals surface area contributed by atoms with Gasteiger partial charge in [0.05, 0.1) is 0 Å². The Kier molecular flexibility index (Phi) is 3.84. The van der Waals surface area contributed by atoms with E-state index < -0.39 is 0 Å². The molecule has 0 heterocycles. The Hall–Kier alpha value is -1.84. The van der Waals surface area contributed by atoms with Gasteiger partial charge in [-0.2, -0.15) is 0 Å². The topological polar surface area (TPSA) is 58.2 Å². The smallest absolute Gasteiger partial charge is 0.251 e. The molecule has 4 nitrogen and oxygen atoms in total. The van der Waals surface area contributed by atoms with E-state index in [2.05, 4.69) is 17.6 Å². The highest BCUT2D eigenvalue weighted by Crippen LogP contribution is 2.38. The van der Waals surface area contributed by atoms with Crippen LogP contribution >= 0.6 is 0 Å². The quantitative estimate of drug-likeness (QED) is 0.890. The Bertz CT molecular complexity index is 514. The number of benzene rings is 1. The number of anilines is 1. The van der Waals surface area contributed by atoms with Crippen molar-refractivity contribution < 1.29 is 9.59 Å². The van der Waals surface area contributed by atoms with Gasteiger partial charge in [-0.25, -0.2) is 0 Å². The molecule has 1 aromatic carbocycles. The average molecular weight is 274 g/mol. The molecule has 1 aliphatic carbocycles. The molecule has 0 radical (unpaired) electrons. The number of rotatable bonds is 3. The van der Waals surface area contributed by atoms with Gasteiger partial charge < -0.3 is 10.6 Å². The van der Waals surface area contributed by atoms with Crippen molar-refractivity contribution in [2.45, 2.75) is 39.7 Å². The number of carbonyl (C=O) groups excluding carboxylic acids is 2. The Morgan fingerprint density at radius 3 is 2.15 bits per heavy atom. The van der Waals surface area contributed by atoms with E-state index in [-0.39, 0.29) is 23.3 Å². The second-order valence-corrected chi connectivity index (χ2v) is 6.59. The highest BCUT2D eigenvalue weighted by Gasteiger charge is 2.39. The molecule has 0 unspecified atom stereocenters. The number of hydrogen-bond donors (Lipinski definition) is 2. The standard InChI is InChI=1S/C16H22N2O2/c1-10-9-13(10)15(20)17-12-7-5-11(6-8-12)14(19)18-16(2,3)4/h5-8,10,13H,9H2,1-4H3,(H,17,20)(H,18,19)/t10-,13-/m0/s1. The summed E-state index contributed by atoms with van der Waals surface area (Å²) in [5, 5.41) is 5.78. The number of nitrogens with one attached hydrogen (secondary N) is 2. The second-order valence-electron chi connectivity index (χ2n) is 6.59. The summed E-state index contributed by atoms with van der Waals surface area (Å²) in [5.74, 6) is 0.612. The van der Waals surface area contributed by atoms with Crippen molar-refractivity contribution in [3.8, 4) is 0 Å². The van der Waals surface area contributed by atoms with Gasteiger partial charge in [0.25, 0.3) is 5.91 Å². The lowest BCUT2D eigenvalue weighted by Gasteiger charge is -2.20. The molecule has 0 bridgehead atoms. The normalized spacial score (nSPS) is 21.2. The minimum Gasteiger partial charge on any atom is -0.347 e. The molecular formula is C16H22N2O2. The summed E-state index contributed by atoms with van der Waals surface area (Å²) in [4.78, 5) is 23.8. The molecule has 2 N–H and O–H groups in total. The van der Waals surface area contributed by atoms with Crippen LogP contribution in [0.3, 0.4) is 0 Å². The van der Waals surface area contributed by atoms with Crippen LogP contribution in [-0.2, 0) is 4.79 Å². The fourth-order valence-corrected chi connectivity index (χ4v) is 2.04. The molecular weight excluding hydrogens is 252 g/mol. The summed E-state index contributed by atoms with van der Waals surface area (Å²) < 4.78 is 0. The molecule has 0 spiro atoms. The van der Waals surface area contributed by atoms with Gasteiger partial charge in [-0.05, 0) is 57.4 Å². The fourth-order valence-electron chi connectivity index (χ4n) is 2.04. The third kappa shape index (κ3) is 3.83. The zero-order chi connectivity index (χ0) is 14.9. The minimum absolute atomic E-state index is 0.0735. The number of amides is 2. The van der Waals surface area contributed by atoms with Gasteiger partial charge in [0.1, 0.15) is 0 Å². The van der Waals surface area contributed by atoms with Crippen LogP contribution in [0.2, 0.25) is 0 Å². The molecule has 0 saturated heterocycles. The van der Waals surface area contributed by atoms with Crippen LogP contribution in [0, 0.1) is 11.8 Å². The maximum absolute atomic E-state index is 12.0. The summed E-state index contributed by atoms with van der Waals surface area (Å²) in [5.41, 5.74) is 1.07. The summed E-state index contributed by atoms with van der Waals surface area (Å²) >= 11 is 0. The molecule has 1 saturated carbocycles. The first kappa shape index (κ1) is 14.6. The third-order valence-electron chi connectivity index (χ3n) is 3.35. The highest BCUT2D eigenvalue weighted by molar-refractivity contribution is 5.97. The van der Waals surface area contributed by atoms with E-state index in [1.165, 1.54) is 0 Å². The van der Waals surface area contributed by atoms with Gasteiger partial charge in [0, 0.05) is 22.7 Å². The first-order valence-electron chi connectivity index (χ1n) is 7.00. The zero-order valence-corrected chi connectivity index (χ0v) is 12.5. The molecule has 20 heavy (non-hydrogen) atoms. The first-order chi connectivity index (χ1) is 9.26. The molecule has 0 aliphatic heterocycles. The highest BCUT2D eigenvalue weighted by atomic mass is 16.2. The monoisotopic (exact) mass is 274 g/mol. The summed E-state index contributed by atoms with van der Waals surface area (Å²) in [6.45, 7) is 7.90.